The zero-order valence-electron chi connectivity index (χ0n) is 16.5. The Kier molecular flexibility index (Phi) is 5.26. The van der Waals surface area contributed by atoms with Gasteiger partial charge in [0.25, 0.3) is 5.91 Å². The van der Waals surface area contributed by atoms with Gasteiger partial charge in [0.15, 0.2) is 15.8 Å². The first-order valence-corrected chi connectivity index (χ1v) is 11.9. The number of aromatic nitrogens is 5. The van der Waals surface area contributed by atoms with Gasteiger partial charge in [-0.05, 0) is 31.2 Å². The van der Waals surface area contributed by atoms with Crippen molar-refractivity contribution in [2.45, 2.75) is 24.5 Å². The highest BCUT2D eigenvalue weighted by atomic mass is 32.2. The van der Waals surface area contributed by atoms with E-state index in [9.17, 15) is 4.79 Å². The fourth-order valence-electron chi connectivity index (χ4n) is 3.67. The molecule has 0 saturated carbocycles. The van der Waals surface area contributed by atoms with E-state index >= 15 is 0 Å². The summed E-state index contributed by atoms with van der Waals surface area (Å²) in [5.74, 6) is 0.802. The van der Waals surface area contributed by atoms with Gasteiger partial charge in [-0.15, -0.1) is 11.3 Å². The van der Waals surface area contributed by atoms with Gasteiger partial charge in [-0.25, -0.2) is 19.6 Å². The van der Waals surface area contributed by atoms with Crippen LogP contribution in [0.5, 0.6) is 0 Å². The van der Waals surface area contributed by atoms with Crippen molar-refractivity contribution in [3.8, 4) is 0 Å². The molecule has 0 unspecified atom stereocenters. The third-order valence-electron chi connectivity index (χ3n) is 5.14. The summed E-state index contributed by atoms with van der Waals surface area (Å²) in [6, 6.07) is 7.76. The molecule has 30 heavy (non-hydrogen) atoms. The molecule has 3 aromatic heterocycles. The Morgan fingerprint density at radius 2 is 2.03 bits per heavy atom. The smallest absolute Gasteiger partial charge is 0.280 e. The van der Waals surface area contributed by atoms with E-state index in [1.807, 2.05) is 41.4 Å². The van der Waals surface area contributed by atoms with Crippen LogP contribution in [0.2, 0.25) is 0 Å². The lowest BCUT2D eigenvalue weighted by molar-refractivity contribution is 0.0952. The molecule has 0 spiro atoms. The van der Waals surface area contributed by atoms with Gasteiger partial charge in [0.1, 0.15) is 5.82 Å². The van der Waals surface area contributed by atoms with Crippen LogP contribution in [0, 0.1) is 0 Å². The quantitative estimate of drug-likeness (QED) is 0.365. The van der Waals surface area contributed by atoms with Crippen molar-refractivity contribution < 1.29 is 4.79 Å². The number of thiazole rings is 1. The minimum atomic E-state index is -0.162. The molecule has 1 aromatic carbocycles. The van der Waals surface area contributed by atoms with E-state index in [1.54, 1.807) is 0 Å². The molecule has 0 aliphatic carbocycles. The van der Waals surface area contributed by atoms with Gasteiger partial charge in [0, 0.05) is 19.6 Å². The van der Waals surface area contributed by atoms with Crippen LogP contribution >= 0.6 is 23.1 Å². The van der Waals surface area contributed by atoms with Crippen LogP contribution in [0.1, 0.15) is 22.6 Å². The number of anilines is 1. The van der Waals surface area contributed by atoms with E-state index < -0.39 is 0 Å². The lowest BCUT2D eigenvalue weighted by atomic mass is 10.3. The first-order chi connectivity index (χ1) is 14.7. The average Bonchev–Trinajstić information content (AvgIpc) is 3.52. The Hall–Kier alpha value is -2.72. The second kappa shape index (κ2) is 8.19. The molecule has 1 aliphatic heterocycles. The number of nitrogens with zero attached hydrogens (tertiary/aromatic N) is 6. The molecule has 1 fully saturated rings. The van der Waals surface area contributed by atoms with Crippen molar-refractivity contribution in [3.05, 3.63) is 35.5 Å². The maximum atomic E-state index is 12.5. The summed E-state index contributed by atoms with van der Waals surface area (Å²) in [6.45, 7) is 3.01. The van der Waals surface area contributed by atoms with Crippen molar-refractivity contribution in [1.82, 2.24) is 30.0 Å². The molecule has 8 nitrogen and oxygen atoms in total. The molecule has 10 heteroatoms. The van der Waals surface area contributed by atoms with Gasteiger partial charge in [-0.3, -0.25) is 4.79 Å². The fourth-order valence-corrected chi connectivity index (χ4v) is 4.90. The molecule has 0 atom stereocenters. The molecule has 4 aromatic rings. The number of carbonyl (C=O) groups excluding carboxylic acids is 1. The zero-order chi connectivity index (χ0) is 20.5. The maximum absolute atomic E-state index is 12.5. The largest absolute Gasteiger partial charge is 0.356 e. The molecule has 1 N–H and O–H groups in total. The summed E-state index contributed by atoms with van der Waals surface area (Å²) in [5.41, 5.74) is 1.66. The average molecular weight is 440 g/mol. The van der Waals surface area contributed by atoms with E-state index in [0.717, 1.165) is 45.3 Å². The lowest BCUT2D eigenvalue weighted by Crippen LogP contribution is -2.27. The maximum Gasteiger partial charge on any atom is 0.280 e. The first kappa shape index (κ1) is 19.3. The second-order valence-corrected chi connectivity index (χ2v) is 8.88. The van der Waals surface area contributed by atoms with E-state index in [0.29, 0.717) is 18.1 Å². The topological polar surface area (TPSA) is 88.8 Å². The predicted molar refractivity (Wildman–Crippen MR) is 121 cm³/mol. The third-order valence-corrected chi connectivity index (χ3v) is 6.72. The number of rotatable bonds is 6. The highest BCUT2D eigenvalue weighted by Crippen LogP contribution is 2.28. The van der Waals surface area contributed by atoms with Crippen LogP contribution in [-0.4, -0.2) is 56.5 Å². The zero-order valence-corrected chi connectivity index (χ0v) is 18.2. The Morgan fingerprint density at radius 3 is 2.83 bits per heavy atom. The summed E-state index contributed by atoms with van der Waals surface area (Å²) in [6.07, 6.45) is 6.19. The minimum Gasteiger partial charge on any atom is -0.356 e. The molecule has 1 amide bonds. The van der Waals surface area contributed by atoms with Gasteiger partial charge in [-0.2, -0.15) is 5.10 Å². The van der Waals surface area contributed by atoms with Crippen LogP contribution in [0.4, 0.5) is 5.82 Å². The van der Waals surface area contributed by atoms with E-state index in [4.69, 9.17) is 4.98 Å². The van der Waals surface area contributed by atoms with E-state index in [1.165, 1.54) is 35.9 Å². The second-order valence-electron chi connectivity index (χ2n) is 7.08. The van der Waals surface area contributed by atoms with Gasteiger partial charge < -0.3 is 10.2 Å². The predicted octanol–water partition coefficient (Wildman–Crippen LogP) is 3.19. The van der Waals surface area contributed by atoms with Crippen LogP contribution in [0.3, 0.4) is 0 Å². The van der Waals surface area contributed by atoms with Gasteiger partial charge in [0.05, 0.1) is 28.3 Å². The molecule has 1 aliphatic rings. The van der Waals surface area contributed by atoms with Crippen LogP contribution in [0.15, 0.2) is 35.6 Å². The Balaban J connectivity index is 1.32. The fraction of sp³-hybridized carbons (Fsp3) is 0.350. The molecule has 5 rings (SSSR count). The third kappa shape index (κ3) is 3.61. The molecule has 154 valence electrons. The molecule has 4 heterocycles. The number of hydrogen-bond donors (Lipinski definition) is 1. The SMILES string of the molecule is CSc1nc(N2CCCC2)c2cnn(CCNC(=O)c3nc4ccccc4s3)c2n1. The van der Waals surface area contributed by atoms with Gasteiger partial charge in [-0.1, -0.05) is 23.9 Å². The molecular weight excluding hydrogens is 418 g/mol. The highest BCUT2D eigenvalue weighted by Gasteiger charge is 2.20. The number of carbonyl (C=O) groups is 1. The minimum absolute atomic E-state index is 0.162. The summed E-state index contributed by atoms with van der Waals surface area (Å²) in [4.78, 5) is 28.6. The highest BCUT2D eigenvalue weighted by molar-refractivity contribution is 7.98. The summed E-state index contributed by atoms with van der Waals surface area (Å²) < 4.78 is 2.85. The van der Waals surface area contributed by atoms with Crippen molar-refractivity contribution >= 4 is 56.1 Å². The number of nitrogens with one attached hydrogen (secondary N) is 1. The number of benzene rings is 1. The van der Waals surface area contributed by atoms with Crippen molar-refractivity contribution in [3.63, 3.8) is 0 Å². The Bertz CT molecular complexity index is 1180. The lowest BCUT2D eigenvalue weighted by Gasteiger charge is -2.17. The van der Waals surface area contributed by atoms with Crippen LogP contribution in [-0.2, 0) is 6.54 Å². The molecular formula is C20H21N7OS2. The normalized spacial score (nSPS) is 14.1. The molecule has 0 radical (unpaired) electrons. The van der Waals surface area contributed by atoms with Crippen LogP contribution in [0.25, 0.3) is 21.3 Å². The summed E-state index contributed by atoms with van der Waals surface area (Å²) in [5, 5.41) is 9.65. The Labute approximate surface area is 181 Å². The number of fused-ring (bicyclic) bond motifs is 2. The first-order valence-electron chi connectivity index (χ1n) is 9.89. The van der Waals surface area contributed by atoms with Crippen molar-refractivity contribution in [1.29, 1.82) is 0 Å². The molecule has 1 saturated heterocycles. The summed E-state index contributed by atoms with van der Waals surface area (Å²) in [7, 11) is 0. The molecule has 0 bridgehead atoms. The number of para-hydroxylation sites is 1. The van der Waals surface area contributed by atoms with Crippen molar-refractivity contribution in [2.75, 3.05) is 30.8 Å². The van der Waals surface area contributed by atoms with E-state index in [2.05, 4.69) is 25.3 Å². The van der Waals surface area contributed by atoms with Crippen molar-refractivity contribution in [2.24, 2.45) is 0 Å². The number of hydrogen-bond acceptors (Lipinski definition) is 8. The van der Waals surface area contributed by atoms with Gasteiger partial charge >= 0.3 is 0 Å². The Morgan fingerprint density at radius 1 is 1.20 bits per heavy atom. The monoisotopic (exact) mass is 439 g/mol. The van der Waals surface area contributed by atoms with Crippen LogP contribution < -0.4 is 10.2 Å². The number of thioether (sulfide) groups is 1. The van der Waals surface area contributed by atoms with E-state index in [-0.39, 0.29) is 5.91 Å². The van der Waals surface area contributed by atoms with Gasteiger partial charge in [0.2, 0.25) is 0 Å². The summed E-state index contributed by atoms with van der Waals surface area (Å²) >= 11 is 2.93. The standard InChI is InChI=1S/C20H21N7OS2/c1-29-20-24-16(26-9-4-5-10-26)13-12-22-27(17(13)25-20)11-8-21-18(28)19-23-14-6-2-3-7-15(14)30-19/h2-3,6-7,12H,4-5,8-11H2,1H3,(H,21,28). The number of amides is 1.